The van der Waals surface area contributed by atoms with Crippen LogP contribution in [0.2, 0.25) is 0 Å². The maximum atomic E-state index is 14.4. The predicted octanol–water partition coefficient (Wildman–Crippen LogP) is 9.03. The molecule has 0 fully saturated rings. The van der Waals surface area contributed by atoms with E-state index < -0.39 is 92.7 Å². The molecular weight excluding hydrogens is 849 g/mol. The van der Waals surface area contributed by atoms with E-state index in [2.05, 4.69) is 20.1 Å². The van der Waals surface area contributed by atoms with E-state index in [1.165, 1.54) is 54.6 Å². The summed E-state index contributed by atoms with van der Waals surface area (Å²) in [5.74, 6) is -24.3. The third-order valence-corrected chi connectivity index (χ3v) is 9.43. The zero-order valence-corrected chi connectivity index (χ0v) is 30.6. The average molecular weight is 867 g/mol. The Hall–Kier alpha value is -7.74. The summed E-state index contributed by atoms with van der Waals surface area (Å²) in [5, 5.41) is 25.3. The quantitative estimate of drug-likeness (QED) is 0.0416. The first-order valence-corrected chi connectivity index (χ1v) is 17.4. The molecule has 0 saturated carbocycles. The molecule has 0 unspecified atom stereocenters. The molecule has 6 aromatic rings. The summed E-state index contributed by atoms with van der Waals surface area (Å²) in [6.07, 6.45) is 0. The molecule has 2 aliphatic heterocycles. The number of phenols is 2. The monoisotopic (exact) mass is 866 g/mol. The average Bonchev–Trinajstić information content (AvgIpc) is 3.49. The van der Waals surface area contributed by atoms with E-state index in [4.69, 9.17) is 21.7 Å². The molecule has 0 amide bonds. The van der Waals surface area contributed by atoms with Crippen LogP contribution in [0, 0.1) is 46.5 Å². The number of benzene rings is 6. The molecule has 11 nitrogen and oxygen atoms in total. The highest BCUT2D eigenvalue weighted by molar-refractivity contribution is 7.80. The number of carbonyl (C=O) groups is 3. The largest absolute Gasteiger partial charge is 0.508 e. The SMILES string of the molecule is O=C(Oc1c(F)c(F)cc(F)c1F)c1cc(NC(=S)Nc2ccc3c(c2)C(=O)OC32c3ccc(O)cc3Oc3cc(O)ccc32)cc(C(=O)Oc2c(F)c(F)cc(F)c2F)c1. The highest BCUT2D eigenvalue weighted by atomic mass is 32.1. The molecule has 308 valence electrons. The van der Waals surface area contributed by atoms with Crippen LogP contribution in [0.25, 0.3) is 0 Å². The van der Waals surface area contributed by atoms with Crippen LogP contribution >= 0.6 is 12.2 Å². The lowest BCUT2D eigenvalue weighted by molar-refractivity contribution is 0.0223. The summed E-state index contributed by atoms with van der Waals surface area (Å²) in [5.41, 5.74) is -2.53. The van der Waals surface area contributed by atoms with Crippen LogP contribution in [-0.2, 0) is 10.3 Å². The maximum absolute atomic E-state index is 14.4. The Kier molecular flexibility index (Phi) is 9.73. The van der Waals surface area contributed by atoms with Gasteiger partial charge in [-0.15, -0.1) is 0 Å². The highest BCUT2D eigenvalue weighted by Gasteiger charge is 2.53. The lowest BCUT2D eigenvalue weighted by atomic mass is 9.77. The highest BCUT2D eigenvalue weighted by Crippen LogP contribution is 2.57. The smallest absolute Gasteiger partial charge is 0.343 e. The fourth-order valence-corrected chi connectivity index (χ4v) is 6.83. The second-order valence-corrected chi connectivity index (χ2v) is 13.5. The van der Waals surface area contributed by atoms with Crippen molar-refractivity contribution in [3.63, 3.8) is 0 Å². The van der Waals surface area contributed by atoms with Crippen molar-refractivity contribution in [3.8, 4) is 34.5 Å². The molecule has 2 heterocycles. The van der Waals surface area contributed by atoms with Crippen molar-refractivity contribution in [2.45, 2.75) is 5.60 Å². The number of fused-ring (bicyclic) bond motifs is 6. The van der Waals surface area contributed by atoms with Crippen molar-refractivity contribution in [1.29, 1.82) is 0 Å². The van der Waals surface area contributed by atoms with Crippen LogP contribution in [-0.4, -0.2) is 33.2 Å². The number of hydrogen-bond donors (Lipinski definition) is 4. The number of phenolic OH excluding ortho intramolecular Hbond substituents is 2. The molecule has 0 aromatic heterocycles. The Labute approximate surface area is 340 Å². The van der Waals surface area contributed by atoms with Gasteiger partial charge in [-0.2, -0.15) is 17.6 Å². The van der Waals surface area contributed by atoms with E-state index in [9.17, 15) is 59.7 Å². The molecule has 1 spiro atoms. The number of carbonyl (C=O) groups excluding carboxylic acids is 3. The summed E-state index contributed by atoms with van der Waals surface area (Å²) in [6, 6.07) is 14.5. The van der Waals surface area contributed by atoms with Gasteiger partial charge in [0.05, 0.1) is 16.7 Å². The summed E-state index contributed by atoms with van der Waals surface area (Å²) >= 11 is 5.38. The van der Waals surface area contributed by atoms with Gasteiger partial charge < -0.3 is 39.8 Å². The predicted molar refractivity (Wildman–Crippen MR) is 197 cm³/mol. The number of halogens is 8. The van der Waals surface area contributed by atoms with Crippen molar-refractivity contribution < 1.29 is 78.7 Å². The van der Waals surface area contributed by atoms with Gasteiger partial charge >= 0.3 is 17.9 Å². The summed E-state index contributed by atoms with van der Waals surface area (Å²) < 4.78 is 134. The molecular formula is C41H18F8N2O9S. The fourth-order valence-electron chi connectivity index (χ4n) is 6.60. The normalized spacial score (nSPS) is 13.0. The van der Waals surface area contributed by atoms with Gasteiger partial charge in [0.2, 0.25) is 34.8 Å². The van der Waals surface area contributed by atoms with E-state index in [1.807, 2.05) is 0 Å². The van der Waals surface area contributed by atoms with Crippen LogP contribution in [0.15, 0.2) is 84.9 Å². The first-order valence-electron chi connectivity index (χ1n) is 17.0. The summed E-state index contributed by atoms with van der Waals surface area (Å²) in [6.45, 7) is 0. The molecule has 0 bridgehead atoms. The van der Waals surface area contributed by atoms with Gasteiger partial charge in [0.15, 0.2) is 34.0 Å². The second-order valence-electron chi connectivity index (χ2n) is 13.0. The van der Waals surface area contributed by atoms with Gasteiger partial charge in [-0.25, -0.2) is 31.9 Å². The Morgan fingerprint density at radius 1 is 0.574 bits per heavy atom. The van der Waals surface area contributed by atoms with Gasteiger partial charge in [0, 0.05) is 52.3 Å². The van der Waals surface area contributed by atoms with Crippen LogP contribution < -0.4 is 24.8 Å². The van der Waals surface area contributed by atoms with E-state index in [0.29, 0.717) is 22.8 Å². The molecule has 0 radical (unpaired) electrons. The van der Waals surface area contributed by atoms with Gasteiger partial charge in [-0.05, 0) is 66.8 Å². The Morgan fingerprint density at radius 3 is 1.49 bits per heavy atom. The summed E-state index contributed by atoms with van der Waals surface area (Å²) in [4.78, 5) is 39.8. The Bertz CT molecular complexity index is 2750. The lowest BCUT2D eigenvalue weighted by Crippen LogP contribution is -2.32. The molecule has 20 heteroatoms. The van der Waals surface area contributed by atoms with Crippen molar-refractivity contribution in [2.75, 3.05) is 10.6 Å². The van der Waals surface area contributed by atoms with Crippen LogP contribution in [0.4, 0.5) is 46.5 Å². The third-order valence-electron chi connectivity index (χ3n) is 9.23. The van der Waals surface area contributed by atoms with Gasteiger partial charge in [0.1, 0.15) is 23.0 Å². The van der Waals surface area contributed by atoms with E-state index >= 15 is 0 Å². The van der Waals surface area contributed by atoms with Crippen LogP contribution in [0.5, 0.6) is 34.5 Å². The molecule has 4 N–H and O–H groups in total. The van der Waals surface area contributed by atoms with Crippen LogP contribution in [0.3, 0.4) is 0 Å². The number of rotatable bonds is 6. The fraction of sp³-hybridized carbons (Fsp3) is 0.0244. The molecule has 6 aromatic carbocycles. The molecule has 0 saturated heterocycles. The molecule has 0 aliphatic carbocycles. The zero-order valence-electron chi connectivity index (χ0n) is 29.8. The molecule has 8 rings (SSSR count). The number of hydrogen-bond acceptors (Lipinski definition) is 10. The molecule has 61 heavy (non-hydrogen) atoms. The lowest BCUT2D eigenvalue weighted by Gasteiger charge is -2.36. The number of anilines is 2. The molecule has 2 aliphatic rings. The van der Waals surface area contributed by atoms with Crippen LogP contribution in [0.1, 0.15) is 47.8 Å². The summed E-state index contributed by atoms with van der Waals surface area (Å²) in [7, 11) is 0. The first-order chi connectivity index (χ1) is 28.9. The minimum atomic E-state index is -2.11. The standard InChI is InChI=1S/C41H18F8N2O9S/c42-25-13-26(43)32(47)35(31(25)46)58-37(54)15-7-16(38(55)59-36-33(48)27(44)14-28(45)34(36)49)9-18(8-15)51-40(61)50-17-1-4-22-21(10-17)39(56)60-41(22)23-5-2-19(52)11-29(23)57-30-12-20(53)3-6-24(30)41/h1-14,52-53H,(H2,50,51,61). The maximum Gasteiger partial charge on any atom is 0.343 e. The number of nitrogens with one attached hydrogen (secondary N) is 2. The van der Waals surface area contributed by atoms with E-state index in [0.717, 1.165) is 12.1 Å². The minimum absolute atomic E-state index is 0.0176. The molecule has 0 atom stereocenters. The Balaban J connectivity index is 1.12. The van der Waals surface area contributed by atoms with Crippen molar-refractivity contribution >= 4 is 46.6 Å². The van der Waals surface area contributed by atoms with E-state index in [-0.39, 0.29) is 57.2 Å². The van der Waals surface area contributed by atoms with Crippen molar-refractivity contribution in [2.24, 2.45) is 0 Å². The van der Waals surface area contributed by atoms with Gasteiger partial charge in [-0.1, -0.05) is 6.07 Å². The van der Waals surface area contributed by atoms with Gasteiger partial charge in [0.25, 0.3) is 0 Å². The van der Waals surface area contributed by atoms with Crippen molar-refractivity contribution in [1.82, 2.24) is 0 Å². The number of aromatic hydroxyl groups is 2. The number of thiocarbonyl (C=S) groups is 1. The third kappa shape index (κ3) is 6.91. The topological polar surface area (TPSA) is 153 Å². The Morgan fingerprint density at radius 2 is 1.02 bits per heavy atom. The van der Waals surface area contributed by atoms with E-state index in [1.54, 1.807) is 0 Å². The van der Waals surface area contributed by atoms with Crippen molar-refractivity contribution in [3.05, 3.63) is 165 Å². The minimum Gasteiger partial charge on any atom is -0.508 e. The number of ether oxygens (including phenoxy) is 4. The zero-order chi connectivity index (χ0) is 43.7. The number of esters is 3. The second kappa shape index (κ2) is 14.8. The first kappa shape index (κ1) is 40.1. The van der Waals surface area contributed by atoms with Gasteiger partial charge in [-0.3, -0.25) is 0 Å².